The lowest BCUT2D eigenvalue weighted by Crippen LogP contribution is -2.61. The lowest BCUT2D eigenvalue weighted by Gasteiger charge is -2.46. The van der Waals surface area contributed by atoms with Gasteiger partial charge in [-0.2, -0.15) is 4.31 Å². The second-order valence-corrected chi connectivity index (χ2v) is 9.81. The SMILES string of the molecule is CC(C)(CC(=O)N1CCN(S(C)(=O)=O)C(C)(C)C1)C1CC1. The largest absolute Gasteiger partial charge is 0.339 e. The van der Waals surface area contributed by atoms with E-state index in [1.807, 2.05) is 18.7 Å². The van der Waals surface area contributed by atoms with E-state index in [9.17, 15) is 13.2 Å². The van der Waals surface area contributed by atoms with Gasteiger partial charge in [-0.15, -0.1) is 0 Å². The smallest absolute Gasteiger partial charge is 0.223 e. The maximum Gasteiger partial charge on any atom is 0.223 e. The predicted octanol–water partition coefficient (Wildman–Crippen LogP) is 1.70. The summed E-state index contributed by atoms with van der Waals surface area (Å²) in [6.45, 7) is 9.47. The van der Waals surface area contributed by atoms with Crippen LogP contribution in [0, 0.1) is 11.3 Å². The Labute approximate surface area is 128 Å². The predicted molar refractivity (Wildman–Crippen MR) is 83.3 cm³/mol. The number of sulfonamides is 1. The molecule has 0 aromatic rings. The Morgan fingerprint density at radius 1 is 1.24 bits per heavy atom. The molecule has 122 valence electrons. The van der Waals surface area contributed by atoms with E-state index in [-0.39, 0.29) is 11.3 Å². The van der Waals surface area contributed by atoms with Gasteiger partial charge in [0.25, 0.3) is 0 Å². The summed E-state index contributed by atoms with van der Waals surface area (Å²) in [7, 11) is -3.23. The Balaban J connectivity index is 2.02. The van der Waals surface area contributed by atoms with Crippen LogP contribution in [0.15, 0.2) is 0 Å². The van der Waals surface area contributed by atoms with Crippen molar-refractivity contribution in [2.75, 3.05) is 25.9 Å². The highest BCUT2D eigenvalue weighted by Gasteiger charge is 2.43. The first kappa shape index (κ1) is 16.7. The standard InChI is InChI=1S/C15H28N2O3S/c1-14(2,12-6-7-12)10-13(18)16-8-9-17(21(5,19)20)15(3,4)11-16/h12H,6-11H2,1-5H3. The molecule has 1 aliphatic heterocycles. The van der Waals surface area contributed by atoms with Gasteiger partial charge in [-0.05, 0) is 38.0 Å². The Morgan fingerprint density at radius 3 is 2.24 bits per heavy atom. The van der Waals surface area contributed by atoms with Crippen molar-refractivity contribution < 1.29 is 13.2 Å². The van der Waals surface area contributed by atoms with Crippen molar-refractivity contribution in [3.8, 4) is 0 Å². The summed E-state index contributed by atoms with van der Waals surface area (Å²) in [5.74, 6) is 0.833. The third-order valence-corrected chi connectivity index (χ3v) is 6.35. The zero-order valence-corrected chi connectivity index (χ0v) is 14.7. The molecule has 0 aromatic carbocycles. The Hall–Kier alpha value is -0.620. The highest BCUT2D eigenvalue weighted by molar-refractivity contribution is 7.88. The summed E-state index contributed by atoms with van der Waals surface area (Å²) in [6, 6.07) is 0. The summed E-state index contributed by atoms with van der Waals surface area (Å²) in [5, 5.41) is 0. The van der Waals surface area contributed by atoms with E-state index in [2.05, 4.69) is 13.8 Å². The molecule has 2 rings (SSSR count). The number of carbonyl (C=O) groups is 1. The molecule has 0 bridgehead atoms. The molecule has 0 radical (unpaired) electrons. The average Bonchev–Trinajstić information content (AvgIpc) is 3.08. The minimum absolute atomic E-state index is 0.0647. The van der Waals surface area contributed by atoms with Crippen molar-refractivity contribution in [1.82, 2.24) is 9.21 Å². The van der Waals surface area contributed by atoms with Crippen molar-refractivity contribution in [2.45, 2.75) is 52.5 Å². The van der Waals surface area contributed by atoms with Crippen molar-refractivity contribution >= 4 is 15.9 Å². The second kappa shape index (κ2) is 5.23. The highest BCUT2D eigenvalue weighted by atomic mass is 32.2. The zero-order chi connectivity index (χ0) is 16.1. The van der Waals surface area contributed by atoms with Crippen molar-refractivity contribution in [3.05, 3.63) is 0 Å². The molecule has 2 aliphatic rings. The van der Waals surface area contributed by atoms with Gasteiger partial charge >= 0.3 is 0 Å². The van der Waals surface area contributed by atoms with Gasteiger partial charge in [-0.3, -0.25) is 4.79 Å². The number of hydrogen-bond acceptors (Lipinski definition) is 3. The van der Waals surface area contributed by atoms with Crippen LogP contribution in [0.2, 0.25) is 0 Å². The van der Waals surface area contributed by atoms with E-state index in [1.54, 1.807) is 0 Å². The first-order valence-corrected chi connectivity index (χ1v) is 9.54. The second-order valence-electron chi connectivity index (χ2n) is 7.90. The molecule has 0 atom stereocenters. The van der Waals surface area contributed by atoms with Crippen LogP contribution in [0.5, 0.6) is 0 Å². The normalized spacial score (nSPS) is 24.1. The first-order valence-electron chi connectivity index (χ1n) is 7.69. The third-order valence-electron chi connectivity index (χ3n) is 4.87. The maximum atomic E-state index is 12.5. The molecular formula is C15H28N2O3S. The van der Waals surface area contributed by atoms with E-state index < -0.39 is 15.6 Å². The molecule has 1 saturated heterocycles. The number of carbonyl (C=O) groups excluding carboxylic acids is 1. The average molecular weight is 316 g/mol. The summed E-state index contributed by atoms with van der Waals surface area (Å²) < 4.78 is 25.2. The fraction of sp³-hybridized carbons (Fsp3) is 0.933. The minimum Gasteiger partial charge on any atom is -0.339 e. The quantitative estimate of drug-likeness (QED) is 0.793. The van der Waals surface area contributed by atoms with E-state index in [4.69, 9.17) is 0 Å². The molecule has 5 nitrogen and oxygen atoms in total. The Kier molecular flexibility index (Phi) is 4.17. The minimum atomic E-state index is -3.23. The van der Waals surface area contributed by atoms with E-state index >= 15 is 0 Å². The van der Waals surface area contributed by atoms with Gasteiger partial charge in [-0.25, -0.2) is 8.42 Å². The molecule has 1 amide bonds. The Bertz CT molecular complexity index is 521. The van der Waals surface area contributed by atoms with E-state index in [0.29, 0.717) is 32.0 Å². The van der Waals surface area contributed by atoms with Crippen LogP contribution in [-0.2, 0) is 14.8 Å². The van der Waals surface area contributed by atoms with Crippen molar-refractivity contribution in [1.29, 1.82) is 0 Å². The molecule has 0 N–H and O–H groups in total. The van der Waals surface area contributed by atoms with Crippen molar-refractivity contribution in [3.63, 3.8) is 0 Å². The summed E-state index contributed by atoms with van der Waals surface area (Å²) in [6.07, 6.45) is 4.26. The third kappa shape index (κ3) is 3.77. The van der Waals surface area contributed by atoms with Crippen LogP contribution in [0.4, 0.5) is 0 Å². The summed E-state index contributed by atoms with van der Waals surface area (Å²) in [4.78, 5) is 14.4. The van der Waals surface area contributed by atoms with Gasteiger partial charge in [-0.1, -0.05) is 13.8 Å². The summed E-state index contributed by atoms with van der Waals surface area (Å²) in [5.41, 5.74) is -0.472. The number of amides is 1. The van der Waals surface area contributed by atoms with Crippen LogP contribution >= 0.6 is 0 Å². The lowest BCUT2D eigenvalue weighted by molar-refractivity contribution is -0.137. The number of piperazine rings is 1. The van der Waals surface area contributed by atoms with Gasteiger partial charge in [0.2, 0.25) is 15.9 Å². The summed E-state index contributed by atoms with van der Waals surface area (Å²) >= 11 is 0. The van der Waals surface area contributed by atoms with Gasteiger partial charge in [0.15, 0.2) is 0 Å². The van der Waals surface area contributed by atoms with Crippen LogP contribution in [0.25, 0.3) is 0 Å². The van der Waals surface area contributed by atoms with Gasteiger partial charge in [0.1, 0.15) is 0 Å². The first-order chi connectivity index (χ1) is 9.43. The van der Waals surface area contributed by atoms with Gasteiger partial charge in [0.05, 0.1) is 6.26 Å². The van der Waals surface area contributed by atoms with E-state index in [0.717, 1.165) is 0 Å². The fourth-order valence-corrected chi connectivity index (χ4v) is 4.85. The van der Waals surface area contributed by atoms with Crippen LogP contribution in [0.3, 0.4) is 0 Å². The van der Waals surface area contributed by atoms with Gasteiger partial charge in [0, 0.05) is 31.6 Å². The topological polar surface area (TPSA) is 57.7 Å². The molecule has 21 heavy (non-hydrogen) atoms. The molecular weight excluding hydrogens is 288 g/mol. The molecule has 2 fully saturated rings. The molecule has 1 aliphatic carbocycles. The zero-order valence-electron chi connectivity index (χ0n) is 13.8. The lowest BCUT2D eigenvalue weighted by atomic mass is 9.83. The molecule has 6 heteroatoms. The molecule has 0 spiro atoms. The molecule has 0 aromatic heterocycles. The number of rotatable bonds is 4. The van der Waals surface area contributed by atoms with Crippen LogP contribution in [-0.4, -0.2) is 55.0 Å². The monoisotopic (exact) mass is 316 g/mol. The Morgan fingerprint density at radius 2 is 1.81 bits per heavy atom. The fourth-order valence-electron chi connectivity index (χ4n) is 3.48. The van der Waals surface area contributed by atoms with Gasteiger partial charge < -0.3 is 4.90 Å². The number of nitrogens with zero attached hydrogens (tertiary/aromatic N) is 2. The molecule has 0 unspecified atom stereocenters. The number of hydrogen-bond donors (Lipinski definition) is 0. The van der Waals surface area contributed by atoms with E-state index in [1.165, 1.54) is 23.4 Å². The van der Waals surface area contributed by atoms with Crippen LogP contribution in [0.1, 0.15) is 47.0 Å². The maximum absolute atomic E-state index is 12.5. The molecule has 1 heterocycles. The van der Waals surface area contributed by atoms with Crippen LogP contribution < -0.4 is 0 Å². The molecule has 1 saturated carbocycles. The highest BCUT2D eigenvalue weighted by Crippen LogP contribution is 2.47. The van der Waals surface area contributed by atoms with Crippen molar-refractivity contribution in [2.24, 2.45) is 11.3 Å².